The fraction of sp³-hybridized carbons (Fsp3) is 0.222. The van der Waals surface area contributed by atoms with Crippen LogP contribution in [0.15, 0.2) is 39.7 Å². The molecule has 0 unspecified atom stereocenters. The van der Waals surface area contributed by atoms with E-state index in [4.69, 9.17) is 5.73 Å². The summed E-state index contributed by atoms with van der Waals surface area (Å²) in [5.41, 5.74) is 7.69. The van der Waals surface area contributed by atoms with E-state index >= 15 is 0 Å². The molecule has 0 saturated heterocycles. The number of hydrogen-bond acceptors (Lipinski definition) is 2. The molecule has 0 spiro atoms. The van der Waals surface area contributed by atoms with Gasteiger partial charge in [-0.2, -0.15) is 5.11 Å². The van der Waals surface area contributed by atoms with E-state index in [9.17, 15) is 0 Å². The first-order valence-electron chi connectivity index (χ1n) is 4.05. The molecule has 0 saturated carbocycles. The number of nitrogens with two attached hydrogens (primary N) is 1. The Morgan fingerprint density at radius 3 is 2.93 bits per heavy atom. The van der Waals surface area contributed by atoms with Gasteiger partial charge in [0.15, 0.2) is 5.84 Å². The molecule has 0 amide bonds. The minimum atomic E-state index is 0.374. The van der Waals surface area contributed by atoms with Crippen molar-refractivity contribution in [1.29, 1.82) is 0 Å². The molecule has 4 nitrogen and oxygen atoms in total. The highest BCUT2D eigenvalue weighted by atomic mass is 79.9. The Balaban J connectivity index is 2.95. The van der Waals surface area contributed by atoms with Crippen LogP contribution in [0.4, 0.5) is 0 Å². The van der Waals surface area contributed by atoms with Crippen molar-refractivity contribution in [2.24, 2.45) is 21.2 Å². The van der Waals surface area contributed by atoms with Gasteiger partial charge in [-0.3, -0.25) is 0 Å². The minimum absolute atomic E-state index is 0.374. The minimum Gasteiger partial charge on any atom is -0.382 e. The third-order valence-corrected chi connectivity index (χ3v) is 2.27. The topological polar surface area (TPSA) is 63.1 Å². The van der Waals surface area contributed by atoms with Gasteiger partial charge in [0.05, 0.1) is 7.05 Å². The molecule has 0 atom stereocenters. The Morgan fingerprint density at radius 1 is 1.50 bits per heavy atom. The molecule has 0 fully saturated rings. The second kappa shape index (κ2) is 5.49. The molecular weight excluding hydrogens is 244 g/mol. The summed E-state index contributed by atoms with van der Waals surface area (Å²) in [7, 11) is 1.55. The predicted octanol–water partition coefficient (Wildman–Crippen LogP) is 2.28. The Bertz CT molecular complexity index is 360. The van der Waals surface area contributed by atoms with Crippen molar-refractivity contribution >= 4 is 21.8 Å². The lowest BCUT2D eigenvalue weighted by atomic mass is 10.1. The Hall–Kier alpha value is -1.23. The number of alkyl halides is 1. The number of amidine groups is 1. The lowest BCUT2D eigenvalue weighted by Crippen LogP contribution is -2.12. The molecule has 1 aromatic rings. The second-order valence-corrected chi connectivity index (χ2v) is 3.17. The standard InChI is InChI=1S/C9H11BrN4/c1-12-14-13-9(11)8-4-2-3-7(5-8)6-10/h2-5H,6H2,1H3,(H2,11,12,13). The molecule has 0 bridgehead atoms. The van der Waals surface area contributed by atoms with E-state index in [2.05, 4.69) is 31.4 Å². The zero-order chi connectivity index (χ0) is 10.4. The zero-order valence-corrected chi connectivity index (χ0v) is 9.40. The van der Waals surface area contributed by atoms with Crippen molar-refractivity contribution in [3.05, 3.63) is 35.4 Å². The van der Waals surface area contributed by atoms with E-state index in [0.29, 0.717) is 5.84 Å². The van der Waals surface area contributed by atoms with Crippen LogP contribution < -0.4 is 5.73 Å². The van der Waals surface area contributed by atoms with Gasteiger partial charge in [0, 0.05) is 10.9 Å². The van der Waals surface area contributed by atoms with Crippen LogP contribution in [0.5, 0.6) is 0 Å². The van der Waals surface area contributed by atoms with Gasteiger partial charge in [-0.05, 0) is 16.9 Å². The van der Waals surface area contributed by atoms with E-state index in [0.717, 1.165) is 16.5 Å². The first-order chi connectivity index (χ1) is 6.77. The van der Waals surface area contributed by atoms with Crippen LogP contribution >= 0.6 is 15.9 Å². The van der Waals surface area contributed by atoms with Crippen LogP contribution in [-0.2, 0) is 5.33 Å². The molecular formula is C9H11BrN4. The molecule has 0 aliphatic heterocycles. The van der Waals surface area contributed by atoms with Gasteiger partial charge in [-0.15, -0.1) is 5.10 Å². The summed E-state index contributed by atoms with van der Waals surface area (Å²) in [6.07, 6.45) is 0. The number of nitrogens with zero attached hydrogens (tertiary/aromatic N) is 3. The van der Waals surface area contributed by atoms with Crippen LogP contribution in [0.1, 0.15) is 11.1 Å². The smallest absolute Gasteiger partial charge is 0.155 e. The van der Waals surface area contributed by atoms with Crippen molar-refractivity contribution in [2.45, 2.75) is 5.33 Å². The van der Waals surface area contributed by atoms with Crippen LogP contribution in [0.25, 0.3) is 0 Å². The van der Waals surface area contributed by atoms with E-state index in [1.807, 2.05) is 24.3 Å². The van der Waals surface area contributed by atoms with Gasteiger partial charge in [0.1, 0.15) is 0 Å². The van der Waals surface area contributed by atoms with Crippen molar-refractivity contribution in [3.8, 4) is 0 Å². The van der Waals surface area contributed by atoms with Crippen LogP contribution in [0, 0.1) is 0 Å². The molecule has 1 rings (SSSR count). The molecule has 0 aliphatic rings. The quantitative estimate of drug-likeness (QED) is 0.291. The van der Waals surface area contributed by atoms with E-state index in [1.165, 1.54) is 0 Å². The first kappa shape index (κ1) is 10.8. The third-order valence-electron chi connectivity index (χ3n) is 1.62. The summed E-state index contributed by atoms with van der Waals surface area (Å²) >= 11 is 3.37. The Labute approximate surface area is 91.0 Å². The highest BCUT2D eigenvalue weighted by molar-refractivity contribution is 9.08. The molecule has 14 heavy (non-hydrogen) atoms. The summed E-state index contributed by atoms with van der Waals surface area (Å²) in [6.45, 7) is 0. The van der Waals surface area contributed by atoms with Crippen LogP contribution in [0.3, 0.4) is 0 Å². The number of halogens is 1. The lowest BCUT2D eigenvalue weighted by molar-refractivity contribution is 1.02. The van der Waals surface area contributed by atoms with E-state index in [-0.39, 0.29) is 0 Å². The maximum absolute atomic E-state index is 5.69. The summed E-state index contributed by atoms with van der Waals surface area (Å²) in [5.74, 6) is 0.374. The Kier molecular flexibility index (Phi) is 4.25. The van der Waals surface area contributed by atoms with Gasteiger partial charge in [0.2, 0.25) is 0 Å². The molecule has 0 heterocycles. The van der Waals surface area contributed by atoms with Gasteiger partial charge in [-0.1, -0.05) is 34.1 Å². The number of hydrogen-bond donors (Lipinski definition) is 1. The lowest BCUT2D eigenvalue weighted by Gasteiger charge is -2.00. The van der Waals surface area contributed by atoms with E-state index in [1.54, 1.807) is 7.05 Å². The summed E-state index contributed by atoms with van der Waals surface area (Å²) in [4.78, 5) is 0. The van der Waals surface area contributed by atoms with Crippen LogP contribution in [-0.4, -0.2) is 12.9 Å². The number of rotatable bonds is 3. The fourth-order valence-corrected chi connectivity index (χ4v) is 1.31. The SMILES string of the molecule is CN=N/N=C(\N)c1cccc(CBr)c1. The largest absolute Gasteiger partial charge is 0.382 e. The van der Waals surface area contributed by atoms with Crippen LogP contribution in [0.2, 0.25) is 0 Å². The second-order valence-electron chi connectivity index (χ2n) is 2.61. The molecule has 1 aromatic carbocycles. The van der Waals surface area contributed by atoms with Crippen molar-refractivity contribution in [1.82, 2.24) is 0 Å². The third kappa shape index (κ3) is 2.92. The summed E-state index contributed by atoms with van der Waals surface area (Å²) in [6, 6.07) is 7.78. The average molecular weight is 255 g/mol. The summed E-state index contributed by atoms with van der Waals surface area (Å²) in [5, 5.41) is 11.5. The Morgan fingerprint density at radius 2 is 2.29 bits per heavy atom. The van der Waals surface area contributed by atoms with Crippen molar-refractivity contribution in [3.63, 3.8) is 0 Å². The fourth-order valence-electron chi connectivity index (χ4n) is 0.964. The maximum Gasteiger partial charge on any atom is 0.155 e. The summed E-state index contributed by atoms with van der Waals surface area (Å²) < 4.78 is 0. The molecule has 0 radical (unpaired) electrons. The van der Waals surface area contributed by atoms with Gasteiger partial charge in [0.25, 0.3) is 0 Å². The van der Waals surface area contributed by atoms with Gasteiger partial charge in [-0.25, -0.2) is 0 Å². The molecule has 2 N–H and O–H groups in total. The molecule has 5 heteroatoms. The van der Waals surface area contributed by atoms with Gasteiger partial charge < -0.3 is 5.73 Å². The van der Waals surface area contributed by atoms with E-state index < -0.39 is 0 Å². The average Bonchev–Trinajstić information content (AvgIpc) is 2.26. The van der Waals surface area contributed by atoms with Crippen molar-refractivity contribution < 1.29 is 0 Å². The molecule has 0 aliphatic carbocycles. The monoisotopic (exact) mass is 254 g/mol. The molecule has 0 aromatic heterocycles. The normalized spacial score (nSPS) is 12.3. The molecule has 74 valence electrons. The first-order valence-corrected chi connectivity index (χ1v) is 5.17. The van der Waals surface area contributed by atoms with Crippen molar-refractivity contribution in [2.75, 3.05) is 7.05 Å². The highest BCUT2D eigenvalue weighted by Crippen LogP contribution is 2.08. The highest BCUT2D eigenvalue weighted by Gasteiger charge is 1.98. The maximum atomic E-state index is 5.69. The number of benzene rings is 1. The zero-order valence-electron chi connectivity index (χ0n) is 7.81. The van der Waals surface area contributed by atoms with Gasteiger partial charge >= 0.3 is 0 Å². The predicted molar refractivity (Wildman–Crippen MR) is 60.6 cm³/mol.